The van der Waals surface area contributed by atoms with Gasteiger partial charge in [-0.15, -0.1) is 0 Å². The smallest absolute Gasteiger partial charge is 0.246 e. The quantitative estimate of drug-likeness (QED) is 0.511. The molecule has 3 N–H and O–H groups in total. The van der Waals surface area contributed by atoms with Gasteiger partial charge in [-0.3, -0.25) is 19.3 Å². The van der Waals surface area contributed by atoms with Crippen molar-refractivity contribution in [3.8, 4) is 0 Å². The number of likely N-dealkylation sites (N-methyl/N-ethyl adjacent to an activating group) is 1. The molecule has 0 spiro atoms. The van der Waals surface area contributed by atoms with Crippen molar-refractivity contribution >= 4 is 17.7 Å². The monoisotopic (exact) mass is 523 g/mol. The number of rotatable bonds is 7. The molecule has 3 amide bonds. The number of hydrogen-bond acceptors (Lipinski definition) is 5. The van der Waals surface area contributed by atoms with Crippen LogP contribution in [-0.4, -0.2) is 78.4 Å². The van der Waals surface area contributed by atoms with Gasteiger partial charge < -0.3 is 20.9 Å². The van der Waals surface area contributed by atoms with Gasteiger partial charge in [-0.25, -0.2) is 0 Å². The average Bonchev–Trinajstić information content (AvgIpc) is 3.42. The van der Waals surface area contributed by atoms with Crippen LogP contribution < -0.4 is 16.0 Å². The number of carbonyl (C=O) groups is 3. The Morgan fingerprint density at radius 2 is 1.74 bits per heavy atom. The molecule has 0 aromatic heterocycles. The first kappa shape index (κ1) is 27.1. The molecular weight excluding hydrogens is 478 g/mol. The number of fused-ring (bicyclic) bond motifs is 2. The molecule has 1 aromatic rings. The zero-order valence-corrected chi connectivity index (χ0v) is 23.1. The Balaban J connectivity index is 1.38. The normalized spacial score (nSPS) is 27.6. The highest BCUT2D eigenvalue weighted by Crippen LogP contribution is 2.32. The van der Waals surface area contributed by atoms with Gasteiger partial charge in [-0.2, -0.15) is 0 Å². The van der Waals surface area contributed by atoms with Gasteiger partial charge in [0.1, 0.15) is 12.1 Å². The molecule has 208 valence electrons. The molecule has 1 saturated carbocycles. The van der Waals surface area contributed by atoms with E-state index in [0.717, 1.165) is 64.3 Å². The van der Waals surface area contributed by atoms with E-state index in [1.54, 1.807) is 7.05 Å². The zero-order chi connectivity index (χ0) is 26.6. The lowest BCUT2D eigenvalue weighted by Gasteiger charge is -2.45. The third kappa shape index (κ3) is 5.76. The summed E-state index contributed by atoms with van der Waals surface area (Å²) >= 11 is 0. The minimum absolute atomic E-state index is 0.0222. The highest BCUT2D eigenvalue weighted by molar-refractivity contribution is 5.93. The Morgan fingerprint density at radius 3 is 2.53 bits per heavy atom. The number of amides is 3. The molecule has 0 radical (unpaired) electrons. The van der Waals surface area contributed by atoms with Crippen LogP contribution in [0, 0.1) is 5.92 Å². The molecular formula is C30H45N5O3. The van der Waals surface area contributed by atoms with Crippen LogP contribution in [0.15, 0.2) is 24.3 Å². The Labute approximate surface area is 227 Å². The number of aryl methyl sites for hydroxylation is 1. The Kier molecular flexibility index (Phi) is 8.68. The van der Waals surface area contributed by atoms with E-state index in [1.807, 2.05) is 17.9 Å². The summed E-state index contributed by atoms with van der Waals surface area (Å²) in [6.45, 7) is 3.91. The van der Waals surface area contributed by atoms with Crippen molar-refractivity contribution in [1.29, 1.82) is 0 Å². The summed E-state index contributed by atoms with van der Waals surface area (Å²) in [5.74, 6) is -0.192. The van der Waals surface area contributed by atoms with Gasteiger partial charge in [0.2, 0.25) is 17.7 Å². The molecule has 0 bridgehead atoms. The number of hydrogen-bond donors (Lipinski definition) is 3. The second-order valence-electron chi connectivity index (χ2n) is 11.8. The van der Waals surface area contributed by atoms with Crippen LogP contribution in [0.3, 0.4) is 0 Å². The molecule has 3 fully saturated rings. The fraction of sp³-hybridized carbons (Fsp3) is 0.700. The minimum Gasteiger partial charge on any atom is -0.347 e. The maximum atomic E-state index is 14.3. The van der Waals surface area contributed by atoms with E-state index in [1.165, 1.54) is 17.5 Å². The molecule has 5 rings (SSSR count). The lowest BCUT2D eigenvalue weighted by atomic mass is 9.82. The zero-order valence-electron chi connectivity index (χ0n) is 23.1. The lowest BCUT2D eigenvalue weighted by Crippen LogP contribution is -2.66. The largest absolute Gasteiger partial charge is 0.347 e. The third-order valence-corrected chi connectivity index (χ3v) is 9.47. The number of nitrogens with one attached hydrogen (secondary N) is 3. The van der Waals surface area contributed by atoms with Crippen molar-refractivity contribution in [2.75, 3.05) is 26.7 Å². The topological polar surface area (TPSA) is 93.8 Å². The molecule has 2 heterocycles. The fourth-order valence-corrected chi connectivity index (χ4v) is 7.09. The molecule has 5 atom stereocenters. The summed E-state index contributed by atoms with van der Waals surface area (Å²) in [5.41, 5.74) is 2.51. The fourth-order valence-electron chi connectivity index (χ4n) is 7.09. The van der Waals surface area contributed by atoms with Crippen molar-refractivity contribution in [2.45, 2.75) is 101 Å². The maximum absolute atomic E-state index is 14.3. The van der Waals surface area contributed by atoms with E-state index in [0.29, 0.717) is 13.1 Å². The first-order chi connectivity index (χ1) is 18.5. The average molecular weight is 524 g/mol. The Hall–Kier alpha value is -2.45. The minimum atomic E-state index is -0.586. The van der Waals surface area contributed by atoms with Gasteiger partial charge in [0.25, 0.3) is 0 Å². The van der Waals surface area contributed by atoms with E-state index >= 15 is 0 Å². The first-order valence-electron chi connectivity index (χ1n) is 14.9. The molecule has 2 aliphatic heterocycles. The van der Waals surface area contributed by atoms with Crippen LogP contribution in [0.5, 0.6) is 0 Å². The molecule has 8 heteroatoms. The summed E-state index contributed by atoms with van der Waals surface area (Å²) in [4.78, 5) is 45.4. The van der Waals surface area contributed by atoms with E-state index < -0.39 is 12.1 Å². The summed E-state index contributed by atoms with van der Waals surface area (Å²) in [6.07, 6.45) is 10.3. The predicted octanol–water partition coefficient (Wildman–Crippen LogP) is 2.53. The van der Waals surface area contributed by atoms with Crippen molar-refractivity contribution in [1.82, 2.24) is 25.8 Å². The Morgan fingerprint density at radius 1 is 0.947 bits per heavy atom. The van der Waals surface area contributed by atoms with Crippen LogP contribution >= 0.6 is 0 Å². The summed E-state index contributed by atoms with van der Waals surface area (Å²) in [7, 11) is 1.75. The molecule has 38 heavy (non-hydrogen) atoms. The van der Waals surface area contributed by atoms with Crippen molar-refractivity contribution < 1.29 is 14.4 Å². The maximum Gasteiger partial charge on any atom is 0.246 e. The summed E-state index contributed by atoms with van der Waals surface area (Å²) in [6, 6.07) is 7.13. The van der Waals surface area contributed by atoms with Gasteiger partial charge in [-0.05, 0) is 82.5 Å². The molecule has 0 unspecified atom stereocenters. The van der Waals surface area contributed by atoms with Crippen LogP contribution in [0.2, 0.25) is 0 Å². The highest BCUT2D eigenvalue weighted by Gasteiger charge is 2.45. The standard InChI is InChI=1S/C30H45N5O3/c1-20(31-2)28(36)33-27(22-11-4-3-5-12-22)30(38)35-18-23-14-9-17-34(23)19-26(35)29(37)32-25-16-8-13-21-10-6-7-15-24(21)25/h6-7,10,15,20,22-23,25-27,31H,3-5,8-9,11-14,16-19H2,1-2H3,(H,32,37)(H,33,36)/t20-,23+,25-,26-,27-/m0/s1. The van der Waals surface area contributed by atoms with E-state index in [2.05, 4.69) is 39.0 Å². The predicted molar refractivity (Wildman–Crippen MR) is 147 cm³/mol. The lowest BCUT2D eigenvalue weighted by molar-refractivity contribution is -0.149. The number of nitrogens with zero attached hydrogens (tertiary/aromatic N) is 2. The third-order valence-electron chi connectivity index (χ3n) is 9.47. The van der Waals surface area contributed by atoms with E-state index in [4.69, 9.17) is 0 Å². The molecule has 2 saturated heterocycles. The van der Waals surface area contributed by atoms with Crippen LogP contribution in [0.25, 0.3) is 0 Å². The molecule has 1 aromatic carbocycles. The highest BCUT2D eigenvalue weighted by atomic mass is 16.2. The van der Waals surface area contributed by atoms with Crippen molar-refractivity contribution in [3.05, 3.63) is 35.4 Å². The van der Waals surface area contributed by atoms with E-state index in [9.17, 15) is 14.4 Å². The number of piperazine rings is 1. The summed E-state index contributed by atoms with van der Waals surface area (Å²) in [5, 5.41) is 9.44. The number of carbonyl (C=O) groups excluding carboxylic acids is 3. The second-order valence-corrected chi connectivity index (χ2v) is 11.8. The SMILES string of the molecule is CN[C@@H](C)C(=O)N[C@H](C(=O)N1C[C@H]2CCCN2C[C@H]1C(=O)N[C@H]1CCCc2ccccc21)C1CCCCC1. The van der Waals surface area contributed by atoms with Gasteiger partial charge in [0.05, 0.1) is 12.1 Å². The van der Waals surface area contributed by atoms with Gasteiger partial charge in [0, 0.05) is 19.1 Å². The van der Waals surface area contributed by atoms with E-state index in [-0.39, 0.29) is 41.8 Å². The van der Waals surface area contributed by atoms with Crippen molar-refractivity contribution in [3.63, 3.8) is 0 Å². The Bertz CT molecular complexity index is 1010. The van der Waals surface area contributed by atoms with Crippen LogP contribution in [-0.2, 0) is 20.8 Å². The van der Waals surface area contributed by atoms with Crippen LogP contribution in [0.1, 0.15) is 81.9 Å². The molecule has 2 aliphatic carbocycles. The second kappa shape index (κ2) is 12.2. The van der Waals surface area contributed by atoms with Gasteiger partial charge in [-0.1, -0.05) is 43.5 Å². The first-order valence-corrected chi connectivity index (χ1v) is 14.9. The number of benzene rings is 1. The summed E-state index contributed by atoms with van der Waals surface area (Å²) < 4.78 is 0. The molecule has 8 nitrogen and oxygen atoms in total. The van der Waals surface area contributed by atoms with Gasteiger partial charge in [0.15, 0.2) is 0 Å². The van der Waals surface area contributed by atoms with Gasteiger partial charge >= 0.3 is 0 Å². The van der Waals surface area contributed by atoms with Crippen molar-refractivity contribution in [2.24, 2.45) is 5.92 Å². The van der Waals surface area contributed by atoms with Crippen LogP contribution in [0.4, 0.5) is 0 Å². The molecule has 4 aliphatic rings.